The van der Waals surface area contributed by atoms with E-state index in [0.29, 0.717) is 0 Å². The van der Waals surface area contributed by atoms with Crippen molar-refractivity contribution in [2.75, 3.05) is 12.4 Å². The Hall–Kier alpha value is -0.0200. The Morgan fingerprint density at radius 2 is 2.40 bits per heavy atom. The van der Waals surface area contributed by atoms with Gasteiger partial charge in [0.15, 0.2) is 0 Å². The van der Waals surface area contributed by atoms with Gasteiger partial charge in [0.1, 0.15) is 0 Å². The maximum absolute atomic E-state index is 3.49. The summed E-state index contributed by atoms with van der Waals surface area (Å²) in [5.74, 6) is 0. The minimum absolute atomic E-state index is 1.10. The lowest BCUT2D eigenvalue weighted by atomic mass is 10.4. The molecule has 0 spiro atoms. The van der Waals surface area contributed by atoms with Gasteiger partial charge in [0, 0.05) is 16.4 Å². The van der Waals surface area contributed by atoms with Crippen molar-refractivity contribution in [2.24, 2.45) is 0 Å². The number of nitrogens with one attached hydrogen (secondary N) is 1. The summed E-state index contributed by atoms with van der Waals surface area (Å²) in [5, 5.41) is 4.34. The van der Waals surface area contributed by atoms with Crippen molar-refractivity contribution in [1.29, 1.82) is 0 Å². The van der Waals surface area contributed by atoms with Crippen molar-refractivity contribution in [3.63, 3.8) is 0 Å². The summed E-state index contributed by atoms with van der Waals surface area (Å²) in [5.41, 5.74) is 0. The third-order valence-corrected chi connectivity index (χ3v) is 3.59. The molecule has 1 rings (SSSR count). The van der Waals surface area contributed by atoms with Crippen molar-refractivity contribution in [3.05, 3.63) is 15.4 Å². The smallest absolute Gasteiger partial charge is 0.0894 e. The van der Waals surface area contributed by atoms with Crippen molar-refractivity contribution in [3.8, 4) is 0 Å². The fourth-order valence-corrected chi connectivity index (χ4v) is 2.52. The Balaban J connectivity index is 2.92. The van der Waals surface area contributed by atoms with E-state index < -0.39 is 0 Å². The summed E-state index contributed by atoms with van der Waals surface area (Å²) < 4.78 is 1.23. The normalized spacial score (nSPS) is 9.90. The van der Waals surface area contributed by atoms with E-state index in [1.165, 1.54) is 14.4 Å². The predicted molar refractivity (Wildman–Crippen MR) is 50.9 cm³/mol. The molecular weight excluding hydrogens is 210 g/mol. The molecule has 1 nitrogen and oxygen atoms in total. The first-order valence-electron chi connectivity index (χ1n) is 3.24. The molecular formula is C7H10BrNS. The van der Waals surface area contributed by atoms with Crippen LogP contribution in [0.1, 0.15) is 11.8 Å². The van der Waals surface area contributed by atoms with Gasteiger partial charge in [-0.05, 0) is 28.4 Å². The van der Waals surface area contributed by atoms with Crippen molar-refractivity contribution >= 4 is 32.3 Å². The average Bonchev–Trinajstić information content (AvgIpc) is 2.30. The topological polar surface area (TPSA) is 12.0 Å². The predicted octanol–water partition coefficient (Wildman–Crippen LogP) is 3.11. The monoisotopic (exact) mass is 219 g/mol. The van der Waals surface area contributed by atoms with Crippen LogP contribution in [0.2, 0.25) is 0 Å². The van der Waals surface area contributed by atoms with Crippen LogP contribution in [-0.2, 0) is 6.42 Å². The van der Waals surface area contributed by atoms with E-state index in [-0.39, 0.29) is 0 Å². The zero-order chi connectivity index (χ0) is 7.56. The first-order valence-corrected chi connectivity index (χ1v) is 4.84. The number of halogens is 1. The number of hydrogen-bond acceptors (Lipinski definition) is 2. The van der Waals surface area contributed by atoms with Gasteiger partial charge in [-0.1, -0.05) is 6.92 Å². The third-order valence-electron chi connectivity index (χ3n) is 1.32. The minimum atomic E-state index is 1.10. The van der Waals surface area contributed by atoms with Gasteiger partial charge >= 0.3 is 0 Å². The number of thiophene rings is 1. The van der Waals surface area contributed by atoms with Crippen LogP contribution in [0.5, 0.6) is 0 Å². The van der Waals surface area contributed by atoms with E-state index in [2.05, 4.69) is 34.2 Å². The van der Waals surface area contributed by atoms with Gasteiger partial charge in [0.2, 0.25) is 0 Å². The second-order valence-electron chi connectivity index (χ2n) is 1.99. The van der Waals surface area contributed by atoms with Crippen LogP contribution in [0.15, 0.2) is 10.5 Å². The number of hydrogen-bond donors (Lipinski definition) is 1. The fraction of sp³-hybridized carbons (Fsp3) is 0.429. The van der Waals surface area contributed by atoms with E-state index in [1.54, 1.807) is 11.3 Å². The first kappa shape index (κ1) is 8.08. The highest BCUT2D eigenvalue weighted by atomic mass is 79.9. The summed E-state index contributed by atoms with van der Waals surface area (Å²) in [6.07, 6.45) is 1.10. The second-order valence-corrected chi connectivity index (χ2v) is 3.98. The molecule has 0 unspecified atom stereocenters. The molecule has 1 heterocycles. The fourth-order valence-electron chi connectivity index (χ4n) is 0.771. The molecule has 0 radical (unpaired) electrons. The number of rotatable bonds is 2. The van der Waals surface area contributed by atoms with Gasteiger partial charge in [-0.2, -0.15) is 0 Å². The number of aryl methyl sites for hydroxylation is 1. The molecule has 0 atom stereocenters. The van der Waals surface area contributed by atoms with Crippen LogP contribution in [-0.4, -0.2) is 7.05 Å². The van der Waals surface area contributed by atoms with Gasteiger partial charge in [-0.15, -0.1) is 11.3 Å². The summed E-state index contributed by atoms with van der Waals surface area (Å²) in [4.78, 5) is 1.41. The molecule has 10 heavy (non-hydrogen) atoms. The molecule has 1 N–H and O–H groups in total. The molecule has 0 aliphatic carbocycles. The van der Waals surface area contributed by atoms with Gasteiger partial charge in [0.05, 0.1) is 5.00 Å². The molecule has 0 aliphatic rings. The molecule has 0 fully saturated rings. The van der Waals surface area contributed by atoms with Crippen LogP contribution >= 0.6 is 27.3 Å². The highest BCUT2D eigenvalue weighted by Gasteiger charge is 2.01. The summed E-state index contributed by atoms with van der Waals surface area (Å²) >= 11 is 5.29. The van der Waals surface area contributed by atoms with E-state index in [9.17, 15) is 0 Å². The zero-order valence-electron chi connectivity index (χ0n) is 6.07. The Bertz CT molecular complexity index is 219. The van der Waals surface area contributed by atoms with Crippen LogP contribution in [0.4, 0.5) is 5.00 Å². The maximum atomic E-state index is 3.49. The van der Waals surface area contributed by atoms with Crippen LogP contribution < -0.4 is 5.32 Å². The molecule has 3 heteroatoms. The zero-order valence-corrected chi connectivity index (χ0v) is 8.47. The molecule has 56 valence electrons. The SMILES string of the molecule is CCc1sc(NC)cc1Br. The van der Waals surface area contributed by atoms with Crippen molar-refractivity contribution in [1.82, 2.24) is 0 Å². The summed E-state index contributed by atoms with van der Waals surface area (Å²) in [6.45, 7) is 2.16. The van der Waals surface area contributed by atoms with Gasteiger partial charge < -0.3 is 5.32 Å². The van der Waals surface area contributed by atoms with Gasteiger partial charge in [-0.3, -0.25) is 0 Å². The van der Waals surface area contributed by atoms with Crippen LogP contribution in [0.3, 0.4) is 0 Å². The standard InChI is InChI=1S/C7H10BrNS/c1-3-6-5(8)4-7(9-2)10-6/h4,9H,3H2,1-2H3. The van der Waals surface area contributed by atoms with Gasteiger partial charge in [0.25, 0.3) is 0 Å². The largest absolute Gasteiger partial charge is 0.380 e. The van der Waals surface area contributed by atoms with Gasteiger partial charge in [-0.25, -0.2) is 0 Å². The van der Waals surface area contributed by atoms with E-state index >= 15 is 0 Å². The molecule has 0 saturated carbocycles. The van der Waals surface area contributed by atoms with Crippen molar-refractivity contribution in [2.45, 2.75) is 13.3 Å². The lowest BCUT2D eigenvalue weighted by Crippen LogP contribution is -1.80. The van der Waals surface area contributed by atoms with E-state index in [0.717, 1.165) is 6.42 Å². The second kappa shape index (κ2) is 3.39. The molecule has 0 saturated heterocycles. The summed E-state index contributed by atoms with van der Waals surface area (Å²) in [7, 11) is 1.94. The van der Waals surface area contributed by atoms with E-state index in [1.807, 2.05) is 7.05 Å². The molecule has 0 amide bonds. The van der Waals surface area contributed by atoms with Crippen LogP contribution in [0, 0.1) is 0 Å². The maximum Gasteiger partial charge on any atom is 0.0894 e. The minimum Gasteiger partial charge on any atom is -0.380 e. The highest BCUT2D eigenvalue weighted by molar-refractivity contribution is 9.10. The Kier molecular flexibility index (Phi) is 2.74. The third kappa shape index (κ3) is 1.52. The Labute approximate surface area is 73.6 Å². The molecule has 0 aromatic carbocycles. The highest BCUT2D eigenvalue weighted by Crippen LogP contribution is 2.30. The molecule has 0 aliphatic heterocycles. The number of anilines is 1. The average molecular weight is 220 g/mol. The quantitative estimate of drug-likeness (QED) is 0.807. The molecule has 0 bridgehead atoms. The molecule has 1 aromatic heterocycles. The van der Waals surface area contributed by atoms with Crippen LogP contribution in [0.25, 0.3) is 0 Å². The Morgan fingerprint density at radius 3 is 2.70 bits per heavy atom. The van der Waals surface area contributed by atoms with Crippen molar-refractivity contribution < 1.29 is 0 Å². The lowest BCUT2D eigenvalue weighted by molar-refractivity contribution is 1.18. The Morgan fingerprint density at radius 1 is 1.70 bits per heavy atom. The summed E-state index contributed by atoms with van der Waals surface area (Å²) in [6, 6.07) is 2.11. The lowest BCUT2D eigenvalue weighted by Gasteiger charge is -1.88. The van der Waals surface area contributed by atoms with E-state index in [4.69, 9.17) is 0 Å². The molecule has 1 aromatic rings. The first-order chi connectivity index (χ1) is 4.77.